The maximum absolute atomic E-state index is 5.94. The monoisotopic (exact) mass is 266 g/mol. The Balaban J connectivity index is 1.54. The van der Waals surface area contributed by atoms with Gasteiger partial charge in [-0.15, -0.1) is 0 Å². The van der Waals surface area contributed by atoms with Crippen molar-refractivity contribution in [3.63, 3.8) is 0 Å². The minimum absolute atomic E-state index is 0.446. The number of rotatable bonds is 6. The number of nitrogens with zero attached hydrogens (tertiary/aromatic N) is 1. The zero-order valence-electron chi connectivity index (χ0n) is 12.9. The Morgan fingerprint density at radius 1 is 1.16 bits per heavy atom. The van der Waals surface area contributed by atoms with Crippen molar-refractivity contribution in [3.8, 4) is 0 Å². The van der Waals surface area contributed by atoms with Gasteiger partial charge in [0.15, 0.2) is 0 Å². The smallest absolute Gasteiger partial charge is 0.0661 e. The third-order valence-electron chi connectivity index (χ3n) is 6.35. The third-order valence-corrected chi connectivity index (χ3v) is 6.35. The number of ether oxygens (including phenoxy) is 1. The molecule has 1 N–H and O–H groups in total. The second-order valence-electron chi connectivity index (χ2n) is 7.17. The van der Waals surface area contributed by atoms with Crippen LogP contribution in [0.25, 0.3) is 0 Å². The molecular formula is C16H30N2O. The summed E-state index contributed by atoms with van der Waals surface area (Å²) in [6, 6.07) is 0.718. The molecule has 3 rings (SSSR count). The summed E-state index contributed by atoms with van der Waals surface area (Å²) >= 11 is 0. The van der Waals surface area contributed by atoms with Crippen molar-refractivity contribution in [3.05, 3.63) is 0 Å². The average molecular weight is 266 g/mol. The lowest BCUT2D eigenvalue weighted by Gasteiger charge is -2.62. The molecule has 1 spiro atoms. The molecule has 3 aliphatic carbocycles. The summed E-state index contributed by atoms with van der Waals surface area (Å²) in [5.74, 6) is 0. The number of likely N-dealkylation sites (N-methyl/N-ethyl adjacent to an activating group) is 1. The highest BCUT2D eigenvalue weighted by molar-refractivity contribution is 5.13. The predicted molar refractivity (Wildman–Crippen MR) is 78.4 cm³/mol. The van der Waals surface area contributed by atoms with Crippen LogP contribution in [0.5, 0.6) is 0 Å². The molecule has 0 amide bonds. The van der Waals surface area contributed by atoms with Gasteiger partial charge in [-0.05, 0) is 59.5 Å². The molecule has 0 aromatic carbocycles. The Morgan fingerprint density at radius 3 is 2.26 bits per heavy atom. The fraction of sp³-hybridized carbons (Fsp3) is 1.00. The molecule has 0 radical (unpaired) electrons. The van der Waals surface area contributed by atoms with E-state index in [1.54, 1.807) is 0 Å². The van der Waals surface area contributed by atoms with Gasteiger partial charge >= 0.3 is 0 Å². The topological polar surface area (TPSA) is 24.5 Å². The minimum atomic E-state index is 0.446. The van der Waals surface area contributed by atoms with Crippen molar-refractivity contribution in [1.82, 2.24) is 10.2 Å². The van der Waals surface area contributed by atoms with Crippen LogP contribution < -0.4 is 5.32 Å². The van der Waals surface area contributed by atoms with Gasteiger partial charge in [0.25, 0.3) is 0 Å². The molecule has 3 nitrogen and oxygen atoms in total. The molecule has 0 aromatic rings. The maximum atomic E-state index is 5.94. The first-order chi connectivity index (χ1) is 9.13. The molecule has 2 unspecified atom stereocenters. The van der Waals surface area contributed by atoms with Gasteiger partial charge in [-0.1, -0.05) is 6.42 Å². The van der Waals surface area contributed by atoms with E-state index in [0.717, 1.165) is 12.6 Å². The second-order valence-corrected chi connectivity index (χ2v) is 7.17. The Bertz CT molecular complexity index is 321. The molecule has 3 fully saturated rings. The van der Waals surface area contributed by atoms with Crippen LogP contribution in [0, 0.1) is 5.41 Å². The van der Waals surface area contributed by atoms with E-state index in [2.05, 4.69) is 31.2 Å². The summed E-state index contributed by atoms with van der Waals surface area (Å²) < 4.78 is 5.94. The van der Waals surface area contributed by atoms with Crippen molar-refractivity contribution in [2.75, 3.05) is 27.2 Å². The number of hydrogen-bond donors (Lipinski definition) is 1. The molecule has 3 aliphatic rings. The van der Waals surface area contributed by atoms with Gasteiger partial charge in [-0.2, -0.15) is 0 Å². The fourth-order valence-electron chi connectivity index (χ4n) is 4.40. The van der Waals surface area contributed by atoms with E-state index in [0.29, 0.717) is 17.1 Å². The molecule has 2 atom stereocenters. The summed E-state index contributed by atoms with van der Waals surface area (Å²) in [5, 5.41) is 3.90. The maximum Gasteiger partial charge on any atom is 0.0661 e. The molecular weight excluding hydrogens is 236 g/mol. The number of nitrogens with one attached hydrogen (secondary N) is 1. The van der Waals surface area contributed by atoms with E-state index in [9.17, 15) is 0 Å². The second kappa shape index (κ2) is 5.01. The molecule has 0 heterocycles. The van der Waals surface area contributed by atoms with E-state index in [-0.39, 0.29) is 0 Å². The van der Waals surface area contributed by atoms with Crippen molar-refractivity contribution in [2.24, 2.45) is 5.41 Å². The molecule has 0 saturated heterocycles. The quantitative estimate of drug-likeness (QED) is 0.799. The van der Waals surface area contributed by atoms with Gasteiger partial charge in [0.1, 0.15) is 0 Å². The Hall–Kier alpha value is -0.120. The largest absolute Gasteiger partial charge is 0.378 e. The highest BCUT2D eigenvalue weighted by atomic mass is 16.5. The van der Waals surface area contributed by atoms with Crippen LogP contribution in [-0.2, 0) is 4.74 Å². The van der Waals surface area contributed by atoms with E-state index >= 15 is 0 Å². The summed E-state index contributed by atoms with van der Waals surface area (Å²) in [6.45, 7) is 4.18. The van der Waals surface area contributed by atoms with Crippen molar-refractivity contribution < 1.29 is 4.74 Å². The van der Waals surface area contributed by atoms with Crippen molar-refractivity contribution >= 4 is 0 Å². The lowest BCUT2D eigenvalue weighted by Crippen LogP contribution is -2.69. The molecule has 0 aliphatic heterocycles. The summed E-state index contributed by atoms with van der Waals surface area (Å²) in [6.07, 6.45) is 10.1. The van der Waals surface area contributed by atoms with Crippen LogP contribution in [0.1, 0.15) is 51.9 Å². The lowest BCUT2D eigenvalue weighted by molar-refractivity contribution is -0.174. The SMILES string of the molecule is CCOC1CC(NCC2(N(C)C)CCC2)C12CCC2. The highest BCUT2D eigenvalue weighted by Crippen LogP contribution is 2.57. The normalized spacial score (nSPS) is 34.7. The summed E-state index contributed by atoms with van der Waals surface area (Å²) in [4.78, 5) is 2.44. The first kappa shape index (κ1) is 13.8. The van der Waals surface area contributed by atoms with Crippen LogP contribution in [0.3, 0.4) is 0 Å². The predicted octanol–water partition coefficient (Wildman–Crippen LogP) is 2.41. The van der Waals surface area contributed by atoms with Crippen LogP contribution in [0.15, 0.2) is 0 Å². The lowest BCUT2D eigenvalue weighted by atomic mass is 9.51. The van der Waals surface area contributed by atoms with Gasteiger partial charge in [0.2, 0.25) is 0 Å². The Labute approximate surface area is 118 Å². The highest BCUT2D eigenvalue weighted by Gasteiger charge is 2.59. The van der Waals surface area contributed by atoms with Gasteiger partial charge in [-0.25, -0.2) is 0 Å². The van der Waals surface area contributed by atoms with Crippen LogP contribution in [0.4, 0.5) is 0 Å². The molecule has 3 heteroatoms. The molecule has 0 bridgehead atoms. The van der Waals surface area contributed by atoms with Gasteiger partial charge in [-0.3, -0.25) is 0 Å². The molecule has 110 valence electrons. The molecule has 0 aromatic heterocycles. The van der Waals surface area contributed by atoms with Gasteiger partial charge in [0.05, 0.1) is 6.10 Å². The van der Waals surface area contributed by atoms with Crippen LogP contribution in [-0.4, -0.2) is 49.8 Å². The third kappa shape index (κ3) is 2.05. The Morgan fingerprint density at radius 2 is 1.84 bits per heavy atom. The van der Waals surface area contributed by atoms with E-state index in [1.165, 1.54) is 51.5 Å². The van der Waals surface area contributed by atoms with E-state index < -0.39 is 0 Å². The minimum Gasteiger partial charge on any atom is -0.378 e. The average Bonchev–Trinajstić information content (AvgIpc) is 2.21. The zero-order valence-corrected chi connectivity index (χ0v) is 12.9. The van der Waals surface area contributed by atoms with E-state index in [4.69, 9.17) is 4.74 Å². The first-order valence-corrected chi connectivity index (χ1v) is 8.15. The molecule has 3 saturated carbocycles. The van der Waals surface area contributed by atoms with E-state index in [1.807, 2.05) is 0 Å². The zero-order chi connectivity index (χ0) is 13.5. The van der Waals surface area contributed by atoms with Crippen molar-refractivity contribution in [2.45, 2.75) is 69.6 Å². The Kier molecular flexibility index (Phi) is 3.65. The number of hydrogen-bond acceptors (Lipinski definition) is 3. The molecule has 19 heavy (non-hydrogen) atoms. The summed E-state index contributed by atoms with van der Waals surface area (Å²) in [5.41, 5.74) is 0.953. The van der Waals surface area contributed by atoms with Gasteiger partial charge < -0.3 is 15.0 Å². The fourth-order valence-corrected chi connectivity index (χ4v) is 4.40. The van der Waals surface area contributed by atoms with Crippen LogP contribution in [0.2, 0.25) is 0 Å². The first-order valence-electron chi connectivity index (χ1n) is 8.15. The van der Waals surface area contributed by atoms with Crippen LogP contribution >= 0.6 is 0 Å². The van der Waals surface area contributed by atoms with Crippen molar-refractivity contribution in [1.29, 1.82) is 0 Å². The standard InChI is InChI=1S/C16H30N2O/c1-4-19-14-11-13(16(14)9-6-10-16)17-12-15(18(2)3)7-5-8-15/h13-14,17H,4-12H2,1-3H3. The summed E-state index contributed by atoms with van der Waals surface area (Å²) in [7, 11) is 4.48. The van der Waals surface area contributed by atoms with Gasteiger partial charge in [0, 0.05) is 30.1 Å².